The predicted octanol–water partition coefficient (Wildman–Crippen LogP) is 2.27. The number of rotatable bonds is 2. The summed E-state index contributed by atoms with van der Waals surface area (Å²) in [6.45, 7) is 0. The average Bonchev–Trinajstić information content (AvgIpc) is 2.48. The first-order chi connectivity index (χ1) is 6.27. The zero-order valence-electron chi connectivity index (χ0n) is 7.10. The Labute approximate surface area is 76.5 Å². The summed E-state index contributed by atoms with van der Waals surface area (Å²) in [5, 5.41) is 8.67. The van der Waals surface area contributed by atoms with E-state index in [4.69, 9.17) is 5.11 Å². The number of carboxylic acid groups (broad SMARTS) is 1. The van der Waals surface area contributed by atoms with E-state index in [9.17, 15) is 4.79 Å². The molecule has 0 unspecified atom stereocenters. The minimum atomic E-state index is -0.744. The first-order valence-electron chi connectivity index (χ1n) is 4.26. The summed E-state index contributed by atoms with van der Waals surface area (Å²) in [6.07, 6.45) is 4.13. The van der Waals surface area contributed by atoms with Gasteiger partial charge in [-0.05, 0) is 11.1 Å². The molecule has 2 heteroatoms. The Morgan fingerprint density at radius 2 is 2.15 bits per heavy atom. The van der Waals surface area contributed by atoms with Crippen LogP contribution >= 0.6 is 0 Å². The summed E-state index contributed by atoms with van der Waals surface area (Å²) in [5.74, 6) is -0.681. The number of fused-ring (bicyclic) bond motifs is 1. The zero-order valence-corrected chi connectivity index (χ0v) is 7.10. The highest BCUT2D eigenvalue weighted by atomic mass is 16.4. The van der Waals surface area contributed by atoms with Crippen LogP contribution in [0.4, 0.5) is 0 Å². The fourth-order valence-corrected chi connectivity index (χ4v) is 1.69. The number of allylic oxidation sites excluding steroid dienone is 1. The molecule has 1 aliphatic carbocycles. The third-order valence-electron chi connectivity index (χ3n) is 2.30. The Morgan fingerprint density at radius 1 is 1.38 bits per heavy atom. The molecule has 1 aromatic carbocycles. The van der Waals surface area contributed by atoms with E-state index in [0.29, 0.717) is 0 Å². The van der Waals surface area contributed by atoms with Crippen molar-refractivity contribution in [2.75, 3.05) is 0 Å². The molecule has 0 bridgehead atoms. The number of carboxylic acids is 1. The van der Waals surface area contributed by atoms with Gasteiger partial charge in [-0.25, -0.2) is 0 Å². The van der Waals surface area contributed by atoms with E-state index in [2.05, 4.69) is 0 Å². The predicted molar refractivity (Wildman–Crippen MR) is 50.5 cm³/mol. The Bertz CT molecular complexity index is 366. The van der Waals surface area contributed by atoms with Crippen LogP contribution in [0.25, 0.3) is 6.08 Å². The molecule has 1 atom stereocenters. The topological polar surface area (TPSA) is 37.3 Å². The van der Waals surface area contributed by atoms with E-state index in [1.54, 1.807) is 0 Å². The highest BCUT2D eigenvalue weighted by Gasteiger charge is 2.18. The number of hydrogen-bond acceptors (Lipinski definition) is 1. The van der Waals surface area contributed by atoms with Gasteiger partial charge in [0.05, 0.1) is 6.42 Å². The van der Waals surface area contributed by atoms with Crippen molar-refractivity contribution in [2.24, 2.45) is 0 Å². The molecule has 1 N–H and O–H groups in total. The van der Waals surface area contributed by atoms with Gasteiger partial charge in [0, 0.05) is 5.92 Å². The molecule has 13 heavy (non-hydrogen) atoms. The summed E-state index contributed by atoms with van der Waals surface area (Å²) in [4.78, 5) is 10.5. The smallest absolute Gasteiger partial charge is 0.304 e. The normalized spacial score (nSPS) is 18.6. The average molecular weight is 174 g/mol. The second-order valence-corrected chi connectivity index (χ2v) is 3.19. The van der Waals surface area contributed by atoms with Crippen LogP contribution in [0, 0.1) is 0 Å². The Kier molecular flexibility index (Phi) is 1.89. The molecule has 0 radical (unpaired) electrons. The summed E-state index contributed by atoms with van der Waals surface area (Å²) in [5.41, 5.74) is 2.28. The number of hydrogen-bond donors (Lipinski definition) is 1. The molecule has 2 rings (SSSR count). The lowest BCUT2D eigenvalue weighted by atomic mass is 9.98. The highest BCUT2D eigenvalue weighted by Crippen LogP contribution is 2.31. The van der Waals surface area contributed by atoms with E-state index in [1.165, 1.54) is 0 Å². The van der Waals surface area contributed by atoms with Crippen molar-refractivity contribution in [3.8, 4) is 0 Å². The van der Waals surface area contributed by atoms with Crippen LogP contribution in [0.3, 0.4) is 0 Å². The molecule has 0 aliphatic heterocycles. The lowest BCUT2D eigenvalue weighted by Crippen LogP contribution is -2.02. The van der Waals surface area contributed by atoms with E-state index in [-0.39, 0.29) is 12.3 Å². The number of carbonyl (C=O) groups is 1. The minimum absolute atomic E-state index is 0.0636. The maximum absolute atomic E-state index is 10.5. The fraction of sp³-hybridized carbons (Fsp3) is 0.182. The van der Waals surface area contributed by atoms with Gasteiger partial charge in [0.1, 0.15) is 0 Å². The molecule has 0 saturated carbocycles. The first kappa shape index (κ1) is 8.05. The number of aliphatic carboxylic acids is 1. The largest absolute Gasteiger partial charge is 0.481 e. The minimum Gasteiger partial charge on any atom is -0.481 e. The second-order valence-electron chi connectivity index (χ2n) is 3.19. The van der Waals surface area contributed by atoms with E-state index in [1.807, 2.05) is 36.4 Å². The van der Waals surface area contributed by atoms with Gasteiger partial charge in [-0.15, -0.1) is 0 Å². The summed E-state index contributed by atoms with van der Waals surface area (Å²) in [7, 11) is 0. The van der Waals surface area contributed by atoms with Crippen LogP contribution in [-0.4, -0.2) is 11.1 Å². The monoisotopic (exact) mass is 174 g/mol. The van der Waals surface area contributed by atoms with Crippen molar-refractivity contribution in [3.63, 3.8) is 0 Å². The summed E-state index contributed by atoms with van der Waals surface area (Å²) < 4.78 is 0. The van der Waals surface area contributed by atoms with Crippen LogP contribution in [0.2, 0.25) is 0 Å². The third kappa shape index (κ3) is 1.47. The second kappa shape index (κ2) is 3.05. The van der Waals surface area contributed by atoms with Crippen LogP contribution in [0.15, 0.2) is 30.3 Å². The molecule has 2 nitrogen and oxygen atoms in total. The highest BCUT2D eigenvalue weighted by molar-refractivity contribution is 5.72. The molecule has 0 saturated heterocycles. The third-order valence-corrected chi connectivity index (χ3v) is 2.30. The van der Waals surface area contributed by atoms with E-state index in [0.717, 1.165) is 11.1 Å². The van der Waals surface area contributed by atoms with E-state index >= 15 is 0 Å². The molecule has 66 valence electrons. The van der Waals surface area contributed by atoms with Gasteiger partial charge in [-0.3, -0.25) is 4.79 Å². The fourth-order valence-electron chi connectivity index (χ4n) is 1.69. The van der Waals surface area contributed by atoms with Crippen molar-refractivity contribution in [1.29, 1.82) is 0 Å². The summed E-state index contributed by atoms with van der Waals surface area (Å²) >= 11 is 0. The van der Waals surface area contributed by atoms with Crippen molar-refractivity contribution in [2.45, 2.75) is 12.3 Å². The van der Waals surface area contributed by atoms with Crippen LogP contribution in [0.1, 0.15) is 23.5 Å². The molecule has 1 aromatic rings. The Hall–Kier alpha value is -1.57. The van der Waals surface area contributed by atoms with Crippen molar-refractivity contribution in [3.05, 3.63) is 41.5 Å². The van der Waals surface area contributed by atoms with Gasteiger partial charge < -0.3 is 5.11 Å². The molecule has 0 amide bonds. The van der Waals surface area contributed by atoms with Crippen LogP contribution < -0.4 is 0 Å². The molecule has 0 aromatic heterocycles. The molecular weight excluding hydrogens is 164 g/mol. The van der Waals surface area contributed by atoms with Crippen LogP contribution in [0.5, 0.6) is 0 Å². The first-order valence-corrected chi connectivity index (χ1v) is 4.26. The maximum Gasteiger partial charge on any atom is 0.304 e. The van der Waals surface area contributed by atoms with Gasteiger partial charge in [-0.2, -0.15) is 0 Å². The molecule has 0 spiro atoms. The molecule has 1 aliphatic rings. The van der Waals surface area contributed by atoms with Crippen molar-refractivity contribution < 1.29 is 9.90 Å². The maximum atomic E-state index is 10.5. The lowest BCUT2D eigenvalue weighted by molar-refractivity contribution is -0.137. The number of benzene rings is 1. The SMILES string of the molecule is O=C(O)C[C@H]1C=Cc2ccccc21. The van der Waals surface area contributed by atoms with Crippen molar-refractivity contribution in [1.82, 2.24) is 0 Å². The van der Waals surface area contributed by atoms with E-state index < -0.39 is 5.97 Å². The van der Waals surface area contributed by atoms with Gasteiger partial charge in [-0.1, -0.05) is 36.4 Å². The van der Waals surface area contributed by atoms with Crippen molar-refractivity contribution >= 4 is 12.0 Å². The van der Waals surface area contributed by atoms with Crippen LogP contribution in [-0.2, 0) is 4.79 Å². The molecular formula is C11H10O2. The van der Waals surface area contributed by atoms with Gasteiger partial charge >= 0.3 is 5.97 Å². The Balaban J connectivity index is 2.28. The summed E-state index contributed by atoms with van der Waals surface area (Å²) in [6, 6.07) is 7.91. The van der Waals surface area contributed by atoms with Gasteiger partial charge in [0.15, 0.2) is 0 Å². The standard InChI is InChI=1S/C11H10O2/c12-11(13)7-9-6-5-8-3-1-2-4-10(8)9/h1-6,9H,7H2,(H,12,13)/t9-/m1/s1. The van der Waals surface area contributed by atoms with Gasteiger partial charge in [0.2, 0.25) is 0 Å². The Morgan fingerprint density at radius 3 is 2.92 bits per heavy atom. The zero-order chi connectivity index (χ0) is 9.26. The molecule has 0 heterocycles. The van der Waals surface area contributed by atoms with Gasteiger partial charge in [0.25, 0.3) is 0 Å². The quantitative estimate of drug-likeness (QED) is 0.746. The molecule has 0 fully saturated rings. The lowest BCUT2D eigenvalue weighted by Gasteiger charge is -2.06.